The first-order valence-corrected chi connectivity index (χ1v) is 35.4. The second-order valence-corrected chi connectivity index (χ2v) is 23.6. The van der Waals surface area contributed by atoms with Gasteiger partial charge in [-0.3, -0.25) is 9.59 Å². The molecule has 0 aromatic rings. The molecule has 0 aromatic heterocycles. The Balaban J connectivity index is 3.46. The second kappa shape index (κ2) is 71.8. The van der Waals surface area contributed by atoms with Crippen LogP contribution in [0.4, 0.5) is 0 Å². The molecule has 0 saturated carbocycles. The Hall–Kier alpha value is -3.44. The molecule has 0 aliphatic heterocycles. The fraction of sp³-hybridized carbons (Fsp3) is 0.740. The molecule has 0 aromatic carbocycles. The molecule has 0 rings (SSSR count). The molecule has 0 radical (unpaired) electrons. The Kier molecular flexibility index (Phi) is 68.8. The van der Waals surface area contributed by atoms with Crippen molar-refractivity contribution in [3.05, 3.63) is 109 Å². The van der Waals surface area contributed by atoms with E-state index in [1.165, 1.54) is 231 Å². The van der Waals surface area contributed by atoms with E-state index in [0.717, 1.165) is 89.9 Å². The molecule has 0 aliphatic rings. The molecule has 0 heterocycles. The van der Waals surface area contributed by atoms with Gasteiger partial charge in [0.15, 0.2) is 6.10 Å². The van der Waals surface area contributed by atoms with Crippen LogP contribution in [0.2, 0.25) is 0 Å². The summed E-state index contributed by atoms with van der Waals surface area (Å²) in [6.07, 6.45) is 104. The number of esters is 2. The lowest BCUT2D eigenvalue weighted by Crippen LogP contribution is -2.28. The van der Waals surface area contributed by atoms with E-state index in [2.05, 4.69) is 123 Å². The van der Waals surface area contributed by atoms with Crippen molar-refractivity contribution < 1.29 is 24.2 Å². The number of aliphatic hydroxyl groups is 1. The Labute approximate surface area is 510 Å². The molecule has 1 atom stereocenters. The van der Waals surface area contributed by atoms with E-state index in [9.17, 15) is 14.7 Å². The largest absolute Gasteiger partial charge is 0.462 e. The van der Waals surface area contributed by atoms with Crippen molar-refractivity contribution in [2.45, 2.75) is 354 Å². The molecule has 5 nitrogen and oxygen atoms in total. The summed E-state index contributed by atoms with van der Waals surface area (Å²) >= 11 is 0. The van der Waals surface area contributed by atoms with Crippen molar-refractivity contribution >= 4 is 11.9 Å². The van der Waals surface area contributed by atoms with Crippen molar-refractivity contribution in [2.75, 3.05) is 13.2 Å². The number of allylic oxidation sites excluding steroid dienone is 18. The fourth-order valence-corrected chi connectivity index (χ4v) is 10.3. The first kappa shape index (κ1) is 78.6. The summed E-state index contributed by atoms with van der Waals surface area (Å²) < 4.78 is 10.8. The highest BCUT2D eigenvalue weighted by Gasteiger charge is 2.16. The van der Waals surface area contributed by atoms with Gasteiger partial charge in [-0.2, -0.15) is 0 Å². The summed E-state index contributed by atoms with van der Waals surface area (Å²) in [5.41, 5.74) is 0. The van der Waals surface area contributed by atoms with Crippen molar-refractivity contribution in [2.24, 2.45) is 0 Å². The highest BCUT2D eigenvalue weighted by atomic mass is 16.6. The number of unbranched alkanes of at least 4 members (excludes halogenated alkanes) is 39. The monoisotopic (exact) mass is 1140 g/mol. The third-order valence-electron chi connectivity index (χ3n) is 15.6. The molecular weight excluding hydrogens is 1000 g/mol. The van der Waals surface area contributed by atoms with Crippen LogP contribution in [-0.4, -0.2) is 36.4 Å². The molecule has 0 aliphatic carbocycles. The molecule has 5 heteroatoms. The minimum Gasteiger partial charge on any atom is -0.462 e. The number of hydrogen-bond acceptors (Lipinski definition) is 5. The molecule has 0 amide bonds. The lowest BCUT2D eigenvalue weighted by Gasteiger charge is -2.15. The van der Waals surface area contributed by atoms with E-state index in [4.69, 9.17) is 9.47 Å². The third kappa shape index (κ3) is 69.1. The number of ether oxygens (including phenoxy) is 2. The van der Waals surface area contributed by atoms with Crippen LogP contribution in [-0.2, 0) is 19.1 Å². The Morgan fingerprint density at radius 2 is 0.524 bits per heavy atom. The predicted molar refractivity (Wildman–Crippen MR) is 362 cm³/mol. The third-order valence-corrected chi connectivity index (χ3v) is 15.6. The van der Waals surface area contributed by atoms with Gasteiger partial charge < -0.3 is 14.6 Å². The number of carbonyl (C=O) groups is 2. The van der Waals surface area contributed by atoms with E-state index in [1.54, 1.807) is 0 Å². The van der Waals surface area contributed by atoms with Gasteiger partial charge in [-0.25, -0.2) is 0 Å². The summed E-state index contributed by atoms with van der Waals surface area (Å²) in [7, 11) is 0. The maximum atomic E-state index is 12.4. The Bertz CT molecular complexity index is 1570. The highest BCUT2D eigenvalue weighted by molar-refractivity contribution is 5.70. The first-order valence-electron chi connectivity index (χ1n) is 35.4. The van der Waals surface area contributed by atoms with Crippen LogP contribution >= 0.6 is 0 Å². The Morgan fingerprint density at radius 1 is 0.293 bits per heavy atom. The van der Waals surface area contributed by atoms with Gasteiger partial charge in [0, 0.05) is 12.8 Å². The second-order valence-electron chi connectivity index (χ2n) is 23.6. The Morgan fingerprint density at radius 3 is 0.793 bits per heavy atom. The minimum absolute atomic E-state index is 0.0667. The lowest BCUT2D eigenvalue weighted by atomic mass is 10.0. The van der Waals surface area contributed by atoms with Crippen LogP contribution in [0.25, 0.3) is 0 Å². The molecule has 0 spiro atoms. The minimum atomic E-state index is -0.778. The average Bonchev–Trinajstić information content (AvgIpc) is 3.49. The summed E-state index contributed by atoms with van der Waals surface area (Å²) in [6, 6.07) is 0. The zero-order chi connectivity index (χ0) is 59.1. The van der Waals surface area contributed by atoms with E-state index in [1.807, 2.05) is 0 Å². The fourth-order valence-electron chi connectivity index (χ4n) is 10.3. The molecule has 1 N–H and O–H groups in total. The number of aliphatic hydroxyl groups excluding tert-OH is 1. The van der Waals surface area contributed by atoms with E-state index in [-0.39, 0.29) is 25.2 Å². The summed E-state index contributed by atoms with van der Waals surface area (Å²) in [5.74, 6) is -0.580. The standard InChI is InChI=1S/C77H134O5/c1-3-5-7-9-11-13-15-17-19-21-23-25-27-29-31-33-35-37-38-40-42-44-46-48-50-52-54-56-58-60-62-64-66-68-70-72-77(80)82-75(73-78)74-81-76(79)71-69-67-65-63-61-59-57-55-53-51-49-47-45-43-41-39-36-34-32-30-28-26-24-22-20-18-16-14-12-10-8-6-4-2/h5,7,11,13,16-19,22-25,29,31,35,37,40,42,75,78H,3-4,6,8-10,12,14-15,20-21,26-28,30,32-34,36,38-39,41,43-74H2,1-2H3/b7-5-,13-11-,18-16-,19-17-,24-22-,25-23-,31-29-,37-35-,42-40-. The van der Waals surface area contributed by atoms with Gasteiger partial charge in [0.2, 0.25) is 0 Å². The van der Waals surface area contributed by atoms with E-state index < -0.39 is 6.10 Å². The van der Waals surface area contributed by atoms with Gasteiger partial charge in [0.25, 0.3) is 0 Å². The summed E-state index contributed by atoms with van der Waals surface area (Å²) in [5, 5.41) is 9.71. The van der Waals surface area contributed by atoms with Gasteiger partial charge in [0.1, 0.15) is 6.61 Å². The molecular formula is C77H134O5. The normalized spacial score (nSPS) is 12.9. The van der Waals surface area contributed by atoms with Crippen LogP contribution in [0.5, 0.6) is 0 Å². The quantitative estimate of drug-likeness (QED) is 0.0373. The maximum absolute atomic E-state index is 12.4. The van der Waals surface area contributed by atoms with Crippen LogP contribution in [0.1, 0.15) is 348 Å². The lowest BCUT2D eigenvalue weighted by molar-refractivity contribution is -0.161. The van der Waals surface area contributed by atoms with E-state index in [0.29, 0.717) is 12.8 Å². The van der Waals surface area contributed by atoms with Crippen molar-refractivity contribution in [3.63, 3.8) is 0 Å². The van der Waals surface area contributed by atoms with Crippen molar-refractivity contribution in [1.82, 2.24) is 0 Å². The van der Waals surface area contributed by atoms with Gasteiger partial charge in [0.05, 0.1) is 6.61 Å². The zero-order valence-corrected chi connectivity index (χ0v) is 54.2. The molecule has 1 unspecified atom stereocenters. The van der Waals surface area contributed by atoms with Gasteiger partial charge >= 0.3 is 11.9 Å². The first-order chi connectivity index (χ1) is 40.6. The number of hydrogen-bond donors (Lipinski definition) is 1. The topological polar surface area (TPSA) is 72.8 Å². The summed E-state index contributed by atoms with van der Waals surface area (Å²) in [6.45, 7) is 4.05. The zero-order valence-electron chi connectivity index (χ0n) is 54.2. The predicted octanol–water partition coefficient (Wildman–Crippen LogP) is 24.8. The molecule has 472 valence electrons. The van der Waals surface area contributed by atoms with Crippen LogP contribution < -0.4 is 0 Å². The molecule has 82 heavy (non-hydrogen) atoms. The highest BCUT2D eigenvalue weighted by Crippen LogP contribution is 2.18. The maximum Gasteiger partial charge on any atom is 0.306 e. The van der Waals surface area contributed by atoms with Gasteiger partial charge in [-0.05, 0) is 103 Å². The van der Waals surface area contributed by atoms with Crippen LogP contribution in [0.3, 0.4) is 0 Å². The van der Waals surface area contributed by atoms with Crippen molar-refractivity contribution in [1.29, 1.82) is 0 Å². The SMILES string of the molecule is CC/C=C\C/C=C\C/C=C\C/C=C\C/C=C\C/C=C\C/C=C\CCCCCCCCCCCCCCCC(=O)OC(CO)COC(=O)CCCCCCCCCCCCCCCCCCCCCCC/C=C\C/C=C\CCCCCCC. The number of carbonyl (C=O) groups excluding carboxylic acids is 2. The van der Waals surface area contributed by atoms with Crippen molar-refractivity contribution in [3.8, 4) is 0 Å². The van der Waals surface area contributed by atoms with Crippen LogP contribution in [0, 0.1) is 0 Å². The van der Waals surface area contributed by atoms with E-state index >= 15 is 0 Å². The van der Waals surface area contributed by atoms with Gasteiger partial charge in [-0.15, -0.1) is 0 Å². The summed E-state index contributed by atoms with van der Waals surface area (Å²) in [4.78, 5) is 24.7. The molecule has 0 saturated heterocycles. The van der Waals surface area contributed by atoms with Gasteiger partial charge in [-0.1, -0.05) is 342 Å². The molecule has 0 bridgehead atoms. The average molecular weight is 1140 g/mol. The van der Waals surface area contributed by atoms with Crippen LogP contribution in [0.15, 0.2) is 109 Å². The number of rotatable bonds is 65. The molecule has 0 fully saturated rings. The smallest absolute Gasteiger partial charge is 0.306 e.